The van der Waals surface area contributed by atoms with Gasteiger partial charge in [-0.3, -0.25) is 9.78 Å². The number of halogens is 1. The molecule has 1 aliphatic heterocycles. The third-order valence-electron chi connectivity index (χ3n) is 4.14. The fourth-order valence-electron chi connectivity index (χ4n) is 3.05. The van der Waals surface area contributed by atoms with Crippen LogP contribution in [0, 0.1) is 5.92 Å². The molecule has 1 aromatic carbocycles. The first-order chi connectivity index (χ1) is 10.2. The van der Waals surface area contributed by atoms with Gasteiger partial charge in [0.1, 0.15) is 0 Å². The molecule has 1 aromatic heterocycles. The summed E-state index contributed by atoms with van der Waals surface area (Å²) in [6.45, 7) is 5.11. The average molecular weight is 364 g/mol. The van der Waals surface area contributed by atoms with Crippen molar-refractivity contribution in [3.8, 4) is 0 Å². The Balaban J connectivity index is 0.00000176. The van der Waals surface area contributed by atoms with Crippen LogP contribution < -0.4 is 5.32 Å². The second kappa shape index (κ2) is 7.70. The molecule has 2 heterocycles. The molecule has 0 radical (unpaired) electrons. The molecule has 0 bridgehead atoms. The van der Waals surface area contributed by atoms with Crippen molar-refractivity contribution in [1.82, 2.24) is 15.2 Å². The highest BCUT2D eigenvalue weighted by atomic mass is 79.9. The lowest BCUT2D eigenvalue weighted by Crippen LogP contribution is -2.34. The lowest BCUT2D eigenvalue weighted by molar-refractivity contribution is -0.129. The molecule has 1 fully saturated rings. The highest BCUT2D eigenvalue weighted by Crippen LogP contribution is 2.20. The Hall–Kier alpha value is -1.46. The number of aromatic nitrogens is 1. The second-order valence-corrected chi connectivity index (χ2v) is 5.73. The number of benzene rings is 1. The van der Waals surface area contributed by atoms with Crippen LogP contribution >= 0.6 is 17.0 Å². The molecule has 1 saturated heterocycles. The minimum Gasteiger partial charge on any atom is -0.341 e. The maximum atomic E-state index is 11.6. The molecule has 3 rings (SSSR count). The monoisotopic (exact) mass is 363 g/mol. The van der Waals surface area contributed by atoms with Crippen LogP contribution in [0.15, 0.2) is 36.5 Å². The maximum absolute atomic E-state index is 11.6. The second-order valence-electron chi connectivity index (χ2n) is 5.73. The Morgan fingerprint density at radius 3 is 3.00 bits per heavy atom. The Morgan fingerprint density at radius 2 is 2.18 bits per heavy atom. The zero-order valence-electron chi connectivity index (χ0n) is 12.8. The quantitative estimate of drug-likeness (QED) is 0.890. The number of pyridine rings is 1. The normalized spacial score (nSPS) is 18.6. The Labute approximate surface area is 141 Å². The van der Waals surface area contributed by atoms with Gasteiger partial charge >= 0.3 is 0 Å². The molecule has 118 valence electrons. The van der Waals surface area contributed by atoms with Crippen LogP contribution in [-0.4, -0.2) is 42.0 Å². The van der Waals surface area contributed by atoms with Gasteiger partial charge in [0.2, 0.25) is 5.91 Å². The summed E-state index contributed by atoms with van der Waals surface area (Å²) in [5.41, 5.74) is 2.35. The van der Waals surface area contributed by atoms with E-state index in [1.54, 1.807) is 6.92 Å². The minimum atomic E-state index is 0. The van der Waals surface area contributed by atoms with Crippen molar-refractivity contribution in [3.05, 3.63) is 42.1 Å². The molecule has 1 amide bonds. The van der Waals surface area contributed by atoms with Crippen molar-refractivity contribution in [2.24, 2.45) is 5.92 Å². The van der Waals surface area contributed by atoms with E-state index in [0.717, 1.165) is 38.1 Å². The first-order valence-corrected chi connectivity index (χ1v) is 7.53. The van der Waals surface area contributed by atoms with Gasteiger partial charge in [0.05, 0.1) is 5.52 Å². The van der Waals surface area contributed by atoms with E-state index in [-0.39, 0.29) is 22.9 Å². The van der Waals surface area contributed by atoms with Gasteiger partial charge in [-0.2, -0.15) is 0 Å². The number of carbonyl (C=O) groups is 1. The molecule has 1 unspecified atom stereocenters. The molecule has 22 heavy (non-hydrogen) atoms. The molecule has 1 atom stereocenters. The Morgan fingerprint density at radius 1 is 1.36 bits per heavy atom. The van der Waals surface area contributed by atoms with Crippen LogP contribution in [0.5, 0.6) is 0 Å². The number of nitrogens with zero attached hydrogens (tertiary/aromatic N) is 2. The third-order valence-corrected chi connectivity index (χ3v) is 4.14. The van der Waals surface area contributed by atoms with Crippen LogP contribution in [0.25, 0.3) is 10.9 Å². The van der Waals surface area contributed by atoms with E-state index >= 15 is 0 Å². The van der Waals surface area contributed by atoms with Crippen molar-refractivity contribution in [1.29, 1.82) is 0 Å². The standard InChI is InChI=1S/C17H21N3O.BrH/c1-13(21)20-9-8-18-11-14(12-20)10-16-5-2-4-15-6-3-7-19-17(15)16;/h2-7,14,18H,8-12H2,1H3;1H. The van der Waals surface area contributed by atoms with Gasteiger partial charge in [-0.15, -0.1) is 17.0 Å². The van der Waals surface area contributed by atoms with Crippen molar-refractivity contribution in [3.63, 3.8) is 0 Å². The minimum absolute atomic E-state index is 0. The molecular weight excluding hydrogens is 342 g/mol. The summed E-state index contributed by atoms with van der Waals surface area (Å²) in [6, 6.07) is 10.4. The summed E-state index contributed by atoms with van der Waals surface area (Å²) in [4.78, 5) is 18.1. The van der Waals surface area contributed by atoms with Crippen molar-refractivity contribution >= 4 is 33.8 Å². The summed E-state index contributed by atoms with van der Waals surface area (Å²) in [5.74, 6) is 0.601. The number of para-hydroxylation sites is 1. The Bertz CT molecular complexity index is 641. The van der Waals surface area contributed by atoms with E-state index in [1.165, 1.54) is 10.9 Å². The molecule has 0 saturated carbocycles. The van der Waals surface area contributed by atoms with Crippen LogP contribution in [0.1, 0.15) is 12.5 Å². The lowest BCUT2D eigenvalue weighted by Gasteiger charge is -2.23. The SMILES string of the molecule is Br.CC(=O)N1CCNCC(Cc2cccc3cccnc23)C1. The van der Waals surface area contributed by atoms with Crippen molar-refractivity contribution in [2.45, 2.75) is 13.3 Å². The number of hydrogen-bond acceptors (Lipinski definition) is 3. The zero-order valence-corrected chi connectivity index (χ0v) is 14.5. The van der Waals surface area contributed by atoms with Gasteiger partial charge in [-0.1, -0.05) is 24.3 Å². The molecular formula is C17H22BrN3O. The fourth-order valence-corrected chi connectivity index (χ4v) is 3.05. The number of fused-ring (bicyclic) bond motifs is 1. The molecule has 1 N–H and O–H groups in total. The number of carbonyl (C=O) groups excluding carboxylic acids is 1. The van der Waals surface area contributed by atoms with Crippen molar-refractivity contribution in [2.75, 3.05) is 26.2 Å². The topological polar surface area (TPSA) is 45.2 Å². The highest BCUT2D eigenvalue weighted by Gasteiger charge is 2.20. The fraction of sp³-hybridized carbons (Fsp3) is 0.412. The Kier molecular flexibility index (Phi) is 5.91. The first kappa shape index (κ1) is 16.9. The highest BCUT2D eigenvalue weighted by molar-refractivity contribution is 8.93. The van der Waals surface area contributed by atoms with Gasteiger partial charge in [0, 0.05) is 44.7 Å². The van der Waals surface area contributed by atoms with E-state index < -0.39 is 0 Å². The zero-order chi connectivity index (χ0) is 14.7. The van der Waals surface area contributed by atoms with Gasteiger partial charge in [0.15, 0.2) is 0 Å². The number of hydrogen-bond donors (Lipinski definition) is 1. The summed E-state index contributed by atoms with van der Waals surface area (Å²) in [5, 5.41) is 4.62. The van der Waals surface area contributed by atoms with Gasteiger partial charge in [0.25, 0.3) is 0 Å². The summed E-state index contributed by atoms with van der Waals surface area (Å²) in [7, 11) is 0. The average Bonchev–Trinajstić information content (AvgIpc) is 2.73. The number of amides is 1. The third kappa shape index (κ3) is 3.84. The first-order valence-electron chi connectivity index (χ1n) is 7.53. The molecule has 2 aromatic rings. The van der Waals surface area contributed by atoms with E-state index in [1.807, 2.05) is 17.2 Å². The van der Waals surface area contributed by atoms with E-state index in [4.69, 9.17) is 0 Å². The number of nitrogens with one attached hydrogen (secondary N) is 1. The number of rotatable bonds is 2. The summed E-state index contributed by atoms with van der Waals surface area (Å²) < 4.78 is 0. The van der Waals surface area contributed by atoms with Crippen molar-refractivity contribution < 1.29 is 4.79 Å². The van der Waals surface area contributed by atoms with Crippen LogP contribution in [0.2, 0.25) is 0 Å². The van der Waals surface area contributed by atoms with Gasteiger partial charge in [-0.25, -0.2) is 0 Å². The molecule has 4 nitrogen and oxygen atoms in total. The lowest BCUT2D eigenvalue weighted by atomic mass is 9.96. The van der Waals surface area contributed by atoms with Gasteiger partial charge < -0.3 is 10.2 Å². The predicted molar refractivity (Wildman–Crippen MR) is 94.4 cm³/mol. The summed E-state index contributed by atoms with van der Waals surface area (Å²) >= 11 is 0. The molecule has 5 heteroatoms. The molecule has 0 aliphatic carbocycles. The molecule has 1 aliphatic rings. The van der Waals surface area contributed by atoms with Crippen LogP contribution in [-0.2, 0) is 11.2 Å². The largest absolute Gasteiger partial charge is 0.341 e. The van der Waals surface area contributed by atoms with Crippen LogP contribution in [0.3, 0.4) is 0 Å². The van der Waals surface area contributed by atoms with Gasteiger partial charge in [-0.05, 0) is 24.0 Å². The smallest absolute Gasteiger partial charge is 0.219 e. The maximum Gasteiger partial charge on any atom is 0.219 e. The van der Waals surface area contributed by atoms with Crippen LogP contribution in [0.4, 0.5) is 0 Å². The van der Waals surface area contributed by atoms with E-state index in [0.29, 0.717) is 5.92 Å². The molecule has 0 spiro atoms. The summed E-state index contributed by atoms with van der Waals surface area (Å²) in [6.07, 6.45) is 2.80. The predicted octanol–water partition coefficient (Wildman–Crippen LogP) is 2.42. The van der Waals surface area contributed by atoms with E-state index in [2.05, 4.69) is 34.6 Å². The van der Waals surface area contributed by atoms with E-state index in [9.17, 15) is 4.79 Å².